The summed E-state index contributed by atoms with van der Waals surface area (Å²) in [5.74, 6) is 0.875. The van der Waals surface area contributed by atoms with Crippen LogP contribution in [0.4, 0.5) is 0 Å². The quantitative estimate of drug-likeness (QED) is 0.743. The first-order valence-electron chi connectivity index (χ1n) is 8.61. The first-order valence-corrected chi connectivity index (χ1v) is 8.61. The van der Waals surface area contributed by atoms with Crippen LogP contribution in [0.25, 0.3) is 0 Å². The summed E-state index contributed by atoms with van der Waals surface area (Å²) in [5.41, 5.74) is 1.28. The minimum absolute atomic E-state index is 0.0212. The second kappa shape index (κ2) is 7.69. The summed E-state index contributed by atoms with van der Waals surface area (Å²) in [7, 11) is 0. The number of nitrogens with zero attached hydrogens (tertiary/aromatic N) is 2. The van der Waals surface area contributed by atoms with Crippen molar-refractivity contribution in [3.63, 3.8) is 0 Å². The van der Waals surface area contributed by atoms with Gasteiger partial charge in [-0.25, -0.2) is 9.97 Å². The van der Waals surface area contributed by atoms with Crippen molar-refractivity contribution in [3.8, 4) is 0 Å². The Morgan fingerprint density at radius 1 is 1.30 bits per heavy atom. The molecule has 2 rings (SSSR count). The van der Waals surface area contributed by atoms with E-state index in [2.05, 4.69) is 36.1 Å². The fourth-order valence-corrected chi connectivity index (χ4v) is 3.47. The largest absolute Gasteiger partial charge is 0.396 e. The Hall–Kier alpha value is -1.04. The molecule has 0 saturated heterocycles. The monoisotopic (exact) mass is 321 g/mol. The molecule has 1 aromatic heterocycles. The molecule has 130 valence electrons. The second-order valence-electron chi connectivity index (χ2n) is 7.98. The van der Waals surface area contributed by atoms with Crippen molar-refractivity contribution in [2.24, 2.45) is 17.3 Å². The smallest absolute Gasteiger partial charge is 0.125 e. The molecule has 0 radical (unpaired) electrons. The maximum atomic E-state index is 10.3. The van der Waals surface area contributed by atoms with Crippen molar-refractivity contribution in [2.75, 3.05) is 13.2 Å². The molecule has 0 spiro atoms. The van der Waals surface area contributed by atoms with Crippen molar-refractivity contribution in [1.82, 2.24) is 15.3 Å². The normalized spacial score (nSPS) is 28.3. The van der Waals surface area contributed by atoms with Crippen LogP contribution >= 0.6 is 0 Å². The van der Waals surface area contributed by atoms with Crippen LogP contribution in [-0.2, 0) is 6.42 Å². The standard InChI is InChI=1S/C18H31N3O2/c1-12-19-7-5-13(21-12)9-14-15(11-22)17(23)10-16(14)20-8-6-18(2,3)4/h5,7,14-17,20,22-23H,6,8-11H2,1-4H3. The second-order valence-corrected chi connectivity index (χ2v) is 7.98. The number of aliphatic hydroxyl groups excluding tert-OH is 2. The van der Waals surface area contributed by atoms with Crippen LogP contribution in [-0.4, -0.2) is 45.5 Å². The third-order valence-corrected chi connectivity index (χ3v) is 4.83. The average molecular weight is 321 g/mol. The number of aliphatic hydroxyl groups is 2. The summed E-state index contributed by atoms with van der Waals surface area (Å²) in [6.07, 6.45) is 3.88. The number of aryl methyl sites for hydroxylation is 1. The van der Waals surface area contributed by atoms with Crippen LogP contribution in [0.5, 0.6) is 0 Å². The fourth-order valence-electron chi connectivity index (χ4n) is 3.47. The minimum Gasteiger partial charge on any atom is -0.396 e. The molecule has 5 heteroatoms. The van der Waals surface area contributed by atoms with Gasteiger partial charge in [-0.1, -0.05) is 20.8 Å². The molecule has 1 aliphatic carbocycles. The van der Waals surface area contributed by atoms with Gasteiger partial charge >= 0.3 is 0 Å². The highest BCUT2D eigenvalue weighted by Gasteiger charge is 2.41. The van der Waals surface area contributed by atoms with Crippen molar-refractivity contribution >= 4 is 0 Å². The number of hydrogen-bond acceptors (Lipinski definition) is 5. The van der Waals surface area contributed by atoms with Gasteiger partial charge in [-0.15, -0.1) is 0 Å². The Balaban J connectivity index is 2.04. The Bertz CT molecular complexity index is 501. The number of hydrogen-bond donors (Lipinski definition) is 3. The van der Waals surface area contributed by atoms with Gasteiger partial charge in [-0.2, -0.15) is 0 Å². The van der Waals surface area contributed by atoms with Gasteiger partial charge in [0.15, 0.2) is 0 Å². The minimum atomic E-state index is -0.444. The molecule has 0 aliphatic heterocycles. The van der Waals surface area contributed by atoms with E-state index in [0.717, 1.165) is 30.9 Å². The van der Waals surface area contributed by atoms with E-state index in [9.17, 15) is 10.2 Å². The first-order chi connectivity index (χ1) is 10.8. The molecule has 0 aromatic carbocycles. The molecule has 1 saturated carbocycles. The lowest BCUT2D eigenvalue weighted by Gasteiger charge is -2.26. The molecule has 3 N–H and O–H groups in total. The number of nitrogens with one attached hydrogen (secondary N) is 1. The van der Waals surface area contributed by atoms with Gasteiger partial charge in [0.1, 0.15) is 5.82 Å². The Labute approximate surface area is 139 Å². The molecule has 0 bridgehead atoms. The van der Waals surface area contributed by atoms with Gasteiger partial charge in [0.05, 0.1) is 6.10 Å². The Morgan fingerprint density at radius 3 is 2.65 bits per heavy atom. The summed E-state index contributed by atoms with van der Waals surface area (Å²) >= 11 is 0. The van der Waals surface area contributed by atoms with E-state index in [0.29, 0.717) is 11.8 Å². The molecule has 1 aliphatic rings. The Kier molecular flexibility index (Phi) is 6.12. The number of rotatable bonds is 6. The lowest BCUT2D eigenvalue weighted by atomic mass is 9.88. The van der Waals surface area contributed by atoms with E-state index in [1.54, 1.807) is 6.20 Å². The van der Waals surface area contributed by atoms with E-state index in [4.69, 9.17) is 0 Å². The van der Waals surface area contributed by atoms with Crippen LogP contribution in [0.3, 0.4) is 0 Å². The average Bonchev–Trinajstić information content (AvgIpc) is 2.73. The van der Waals surface area contributed by atoms with Crippen LogP contribution < -0.4 is 5.32 Å². The van der Waals surface area contributed by atoms with Crippen LogP contribution in [0.2, 0.25) is 0 Å². The molecule has 1 heterocycles. The molecular formula is C18H31N3O2. The van der Waals surface area contributed by atoms with Crippen LogP contribution in [0.15, 0.2) is 12.3 Å². The van der Waals surface area contributed by atoms with E-state index in [1.807, 2.05) is 13.0 Å². The Morgan fingerprint density at radius 2 is 2.04 bits per heavy atom. The molecule has 23 heavy (non-hydrogen) atoms. The molecule has 4 atom stereocenters. The molecular weight excluding hydrogens is 290 g/mol. The highest BCUT2D eigenvalue weighted by molar-refractivity contribution is 5.07. The zero-order valence-corrected chi connectivity index (χ0v) is 14.8. The topological polar surface area (TPSA) is 78.3 Å². The van der Waals surface area contributed by atoms with Crippen molar-refractivity contribution in [3.05, 3.63) is 23.8 Å². The van der Waals surface area contributed by atoms with Gasteiger partial charge in [-0.05, 0) is 50.1 Å². The van der Waals surface area contributed by atoms with Gasteiger partial charge in [0, 0.05) is 30.5 Å². The third-order valence-electron chi connectivity index (χ3n) is 4.83. The van der Waals surface area contributed by atoms with Crippen molar-refractivity contribution in [2.45, 2.75) is 59.1 Å². The van der Waals surface area contributed by atoms with Crippen LogP contribution in [0.1, 0.15) is 45.1 Å². The highest BCUT2D eigenvalue weighted by atomic mass is 16.3. The third kappa shape index (κ3) is 5.23. The first kappa shape index (κ1) is 18.3. The van der Waals surface area contributed by atoms with Crippen molar-refractivity contribution < 1.29 is 10.2 Å². The van der Waals surface area contributed by atoms with E-state index in [1.165, 1.54) is 0 Å². The van der Waals surface area contributed by atoms with E-state index in [-0.39, 0.29) is 24.5 Å². The zero-order valence-electron chi connectivity index (χ0n) is 14.8. The van der Waals surface area contributed by atoms with E-state index >= 15 is 0 Å². The van der Waals surface area contributed by atoms with Gasteiger partial charge in [0.2, 0.25) is 0 Å². The van der Waals surface area contributed by atoms with Crippen LogP contribution in [0, 0.1) is 24.2 Å². The van der Waals surface area contributed by atoms with Crippen molar-refractivity contribution in [1.29, 1.82) is 0 Å². The molecule has 0 amide bonds. The van der Waals surface area contributed by atoms with Gasteiger partial charge in [-0.3, -0.25) is 0 Å². The van der Waals surface area contributed by atoms with Gasteiger partial charge in [0.25, 0.3) is 0 Å². The van der Waals surface area contributed by atoms with E-state index < -0.39 is 6.10 Å². The number of aromatic nitrogens is 2. The summed E-state index contributed by atoms with van der Waals surface area (Å²) < 4.78 is 0. The predicted octanol–water partition coefficient (Wildman–Crippen LogP) is 1.71. The lowest BCUT2D eigenvalue weighted by Crippen LogP contribution is -2.37. The maximum absolute atomic E-state index is 10.3. The molecule has 1 aromatic rings. The molecule has 1 fully saturated rings. The predicted molar refractivity (Wildman–Crippen MR) is 91.0 cm³/mol. The highest BCUT2D eigenvalue weighted by Crippen LogP contribution is 2.34. The molecule has 5 nitrogen and oxygen atoms in total. The molecule has 4 unspecified atom stereocenters. The zero-order chi connectivity index (χ0) is 17.0. The summed E-state index contributed by atoms with van der Waals surface area (Å²) in [4.78, 5) is 8.62. The van der Waals surface area contributed by atoms with Gasteiger partial charge < -0.3 is 15.5 Å². The SMILES string of the molecule is Cc1nccc(CC2C(NCCC(C)(C)C)CC(O)C2CO)n1. The summed E-state index contributed by atoms with van der Waals surface area (Å²) in [6, 6.07) is 2.15. The lowest BCUT2D eigenvalue weighted by molar-refractivity contribution is 0.0716. The summed E-state index contributed by atoms with van der Waals surface area (Å²) in [6.45, 7) is 9.53. The maximum Gasteiger partial charge on any atom is 0.125 e. The fraction of sp³-hybridized carbons (Fsp3) is 0.778. The summed E-state index contributed by atoms with van der Waals surface area (Å²) in [5, 5.41) is 23.6.